The van der Waals surface area contributed by atoms with E-state index in [2.05, 4.69) is 4.98 Å². The summed E-state index contributed by atoms with van der Waals surface area (Å²) in [6, 6.07) is 0.291. The molecular weight excluding hydrogens is 340 g/mol. The van der Waals surface area contributed by atoms with E-state index in [0.717, 1.165) is 11.8 Å². The Kier molecular flexibility index (Phi) is 4.02. The highest BCUT2D eigenvalue weighted by atomic mass is 35.5. The number of imide groups is 1. The Labute approximate surface area is 143 Å². The van der Waals surface area contributed by atoms with E-state index in [4.69, 9.17) is 11.6 Å². The maximum atomic E-state index is 13.6. The Morgan fingerprint density at radius 1 is 1.33 bits per heavy atom. The van der Waals surface area contributed by atoms with Crippen molar-refractivity contribution in [3.63, 3.8) is 0 Å². The number of piperidine rings is 1. The van der Waals surface area contributed by atoms with Crippen LogP contribution in [0.5, 0.6) is 0 Å². The number of aromatic nitrogens is 1. The van der Waals surface area contributed by atoms with Gasteiger partial charge in [-0.25, -0.2) is 23.5 Å². The number of carbonyl (C=O) groups is 2. The second-order valence-electron chi connectivity index (χ2n) is 6.54. The average molecular weight is 358 g/mol. The summed E-state index contributed by atoms with van der Waals surface area (Å²) in [5.74, 6) is -4.04. The zero-order chi connectivity index (χ0) is 17.8. The summed E-state index contributed by atoms with van der Waals surface area (Å²) < 4.78 is 27.2. The molecule has 0 saturated carbocycles. The number of urea groups is 1. The van der Waals surface area contributed by atoms with E-state index in [9.17, 15) is 18.4 Å². The molecule has 5 nitrogen and oxygen atoms in total. The van der Waals surface area contributed by atoms with E-state index in [-0.39, 0.29) is 25.2 Å². The van der Waals surface area contributed by atoms with E-state index in [0.29, 0.717) is 16.3 Å². The third-order valence-corrected chi connectivity index (χ3v) is 5.17. The summed E-state index contributed by atoms with van der Waals surface area (Å²) in [4.78, 5) is 32.0. The van der Waals surface area contributed by atoms with Crippen LogP contribution in [-0.2, 0) is 4.79 Å². The lowest BCUT2D eigenvalue weighted by molar-refractivity contribution is -0.123. The number of fused-ring (bicyclic) bond motifs is 1. The maximum absolute atomic E-state index is 13.6. The first kappa shape index (κ1) is 17.1. The number of rotatable bonds is 2. The number of aryl methyl sites for hydroxylation is 2. The predicted octanol–water partition coefficient (Wildman–Crippen LogP) is 3.55. The molecule has 2 aliphatic rings. The molecule has 0 aromatic carbocycles. The van der Waals surface area contributed by atoms with Crippen LogP contribution >= 0.6 is 11.6 Å². The molecule has 2 saturated heterocycles. The standard InChI is InChI=1S/C16H18ClF2N3O2/c1-8-6-11(17)9(2)20-13(8)22-14(23)12-7-10(16(3,18)19)4-5-21(12)15(22)24/h6,10,12H,4-5,7H2,1-3H3. The molecule has 0 radical (unpaired) electrons. The van der Waals surface area contributed by atoms with Gasteiger partial charge in [-0.3, -0.25) is 4.79 Å². The van der Waals surface area contributed by atoms with Gasteiger partial charge in [0.15, 0.2) is 0 Å². The van der Waals surface area contributed by atoms with Crippen molar-refractivity contribution >= 4 is 29.4 Å². The number of carbonyl (C=O) groups excluding carboxylic acids is 2. The van der Waals surface area contributed by atoms with Crippen molar-refractivity contribution in [3.05, 3.63) is 22.3 Å². The number of pyridine rings is 1. The quantitative estimate of drug-likeness (QED) is 0.760. The molecule has 0 aliphatic carbocycles. The minimum Gasteiger partial charge on any atom is -0.312 e. The molecule has 1 aromatic rings. The van der Waals surface area contributed by atoms with Crippen LogP contribution in [-0.4, -0.2) is 40.3 Å². The van der Waals surface area contributed by atoms with Gasteiger partial charge in [-0.2, -0.15) is 0 Å². The summed E-state index contributed by atoms with van der Waals surface area (Å²) in [7, 11) is 0. The van der Waals surface area contributed by atoms with Crippen molar-refractivity contribution in [2.75, 3.05) is 11.4 Å². The lowest BCUT2D eigenvalue weighted by Crippen LogP contribution is -2.46. The number of amides is 3. The van der Waals surface area contributed by atoms with Crippen molar-refractivity contribution in [3.8, 4) is 0 Å². The molecule has 2 atom stereocenters. The minimum absolute atomic E-state index is 0.0316. The van der Waals surface area contributed by atoms with E-state index in [1.54, 1.807) is 19.9 Å². The van der Waals surface area contributed by atoms with Gasteiger partial charge in [0.25, 0.3) is 5.91 Å². The zero-order valence-corrected chi connectivity index (χ0v) is 14.4. The number of hydrogen-bond donors (Lipinski definition) is 0. The highest BCUT2D eigenvalue weighted by molar-refractivity contribution is 6.31. The fraction of sp³-hybridized carbons (Fsp3) is 0.562. The van der Waals surface area contributed by atoms with Crippen molar-refractivity contribution in [1.82, 2.24) is 9.88 Å². The summed E-state index contributed by atoms with van der Waals surface area (Å²) in [5, 5.41) is 0.443. The number of nitrogens with zero attached hydrogens (tertiary/aromatic N) is 3. The predicted molar refractivity (Wildman–Crippen MR) is 85.4 cm³/mol. The first-order valence-electron chi connectivity index (χ1n) is 7.77. The number of anilines is 1. The molecule has 3 heterocycles. The lowest BCUT2D eigenvalue weighted by Gasteiger charge is -2.35. The van der Waals surface area contributed by atoms with Crippen LogP contribution in [0.1, 0.15) is 31.0 Å². The Morgan fingerprint density at radius 3 is 2.62 bits per heavy atom. The molecule has 0 spiro atoms. The summed E-state index contributed by atoms with van der Waals surface area (Å²) in [6.07, 6.45) is 0.148. The molecule has 2 aliphatic heterocycles. The van der Waals surface area contributed by atoms with Gasteiger partial charge in [0.1, 0.15) is 11.9 Å². The first-order chi connectivity index (χ1) is 11.1. The number of alkyl halides is 2. The van der Waals surface area contributed by atoms with Crippen LogP contribution in [0, 0.1) is 19.8 Å². The fourth-order valence-corrected chi connectivity index (χ4v) is 3.55. The van der Waals surface area contributed by atoms with Crippen LogP contribution in [0.4, 0.5) is 19.4 Å². The molecule has 2 unspecified atom stereocenters. The Bertz CT molecular complexity index is 720. The van der Waals surface area contributed by atoms with E-state index in [1.165, 1.54) is 4.90 Å². The average Bonchev–Trinajstić information content (AvgIpc) is 2.74. The SMILES string of the molecule is Cc1cc(Cl)c(C)nc1N1C(=O)C2CC(C(C)(F)F)CCN2C1=O. The Balaban J connectivity index is 1.95. The summed E-state index contributed by atoms with van der Waals surface area (Å²) >= 11 is 6.01. The molecule has 1 aromatic heterocycles. The zero-order valence-electron chi connectivity index (χ0n) is 13.6. The van der Waals surface area contributed by atoms with Gasteiger partial charge in [0, 0.05) is 12.5 Å². The number of hydrogen-bond acceptors (Lipinski definition) is 3. The van der Waals surface area contributed by atoms with E-state index < -0.39 is 29.8 Å². The van der Waals surface area contributed by atoms with Crippen LogP contribution in [0.15, 0.2) is 6.07 Å². The molecule has 3 amide bonds. The van der Waals surface area contributed by atoms with Crippen molar-refractivity contribution < 1.29 is 18.4 Å². The highest BCUT2D eigenvalue weighted by Gasteiger charge is 2.52. The van der Waals surface area contributed by atoms with Gasteiger partial charge < -0.3 is 4.90 Å². The molecule has 0 N–H and O–H groups in total. The van der Waals surface area contributed by atoms with Crippen molar-refractivity contribution in [2.45, 2.75) is 45.6 Å². The molecule has 130 valence electrons. The second kappa shape index (κ2) is 5.65. The normalized spacial score (nSPS) is 24.6. The molecular formula is C16H18ClF2N3O2. The number of halogens is 3. The van der Waals surface area contributed by atoms with Crippen LogP contribution in [0.2, 0.25) is 5.02 Å². The molecule has 24 heavy (non-hydrogen) atoms. The largest absolute Gasteiger partial charge is 0.333 e. The van der Waals surface area contributed by atoms with Crippen molar-refractivity contribution in [2.24, 2.45) is 5.92 Å². The van der Waals surface area contributed by atoms with Gasteiger partial charge >= 0.3 is 6.03 Å². The van der Waals surface area contributed by atoms with Crippen LogP contribution in [0.25, 0.3) is 0 Å². The first-order valence-corrected chi connectivity index (χ1v) is 8.15. The smallest absolute Gasteiger partial charge is 0.312 e. The third kappa shape index (κ3) is 2.64. The summed E-state index contributed by atoms with van der Waals surface area (Å²) in [5.41, 5.74) is 1.09. The Morgan fingerprint density at radius 2 is 2.00 bits per heavy atom. The summed E-state index contributed by atoms with van der Waals surface area (Å²) in [6.45, 7) is 4.39. The van der Waals surface area contributed by atoms with Crippen molar-refractivity contribution in [1.29, 1.82) is 0 Å². The van der Waals surface area contributed by atoms with Gasteiger partial charge in [0.2, 0.25) is 5.92 Å². The monoisotopic (exact) mass is 357 g/mol. The van der Waals surface area contributed by atoms with Gasteiger partial charge in [0.05, 0.1) is 10.7 Å². The molecule has 8 heteroatoms. The topological polar surface area (TPSA) is 53.5 Å². The molecule has 0 bridgehead atoms. The Hall–Kier alpha value is -1.76. The maximum Gasteiger partial charge on any atom is 0.333 e. The van der Waals surface area contributed by atoms with Crippen LogP contribution < -0.4 is 4.90 Å². The fourth-order valence-electron chi connectivity index (χ4n) is 3.34. The molecule has 3 rings (SSSR count). The minimum atomic E-state index is -2.87. The van der Waals surface area contributed by atoms with Crippen LogP contribution in [0.3, 0.4) is 0 Å². The third-order valence-electron chi connectivity index (χ3n) is 4.79. The lowest BCUT2D eigenvalue weighted by atomic mass is 9.87. The van der Waals surface area contributed by atoms with E-state index >= 15 is 0 Å². The highest BCUT2D eigenvalue weighted by Crippen LogP contribution is 2.39. The van der Waals surface area contributed by atoms with Gasteiger partial charge in [-0.05, 0) is 45.2 Å². The second-order valence-corrected chi connectivity index (χ2v) is 6.95. The molecule has 2 fully saturated rings. The van der Waals surface area contributed by atoms with Gasteiger partial charge in [-0.1, -0.05) is 11.6 Å². The van der Waals surface area contributed by atoms with Gasteiger partial charge in [-0.15, -0.1) is 0 Å². The van der Waals surface area contributed by atoms with E-state index in [1.807, 2.05) is 0 Å².